The molecule has 2 saturated heterocycles. The average Bonchev–Trinajstić information content (AvgIpc) is 3.15. The summed E-state index contributed by atoms with van der Waals surface area (Å²) in [7, 11) is 0. The number of hydrogen-bond acceptors (Lipinski definition) is 6. The van der Waals surface area contributed by atoms with E-state index < -0.39 is 22.9 Å². The van der Waals surface area contributed by atoms with Crippen molar-refractivity contribution in [3.63, 3.8) is 0 Å². The molecular formula is C18H16N4O4. The summed E-state index contributed by atoms with van der Waals surface area (Å²) in [6, 6.07) is 14.6. The first-order chi connectivity index (χ1) is 12.5. The van der Waals surface area contributed by atoms with E-state index in [1.807, 2.05) is 30.3 Å². The number of amides is 2. The van der Waals surface area contributed by atoms with Crippen LogP contribution < -0.4 is 10.7 Å². The number of rotatable bonds is 4. The maximum Gasteiger partial charge on any atom is 0.269 e. The molecule has 0 aliphatic carbocycles. The Hall–Kier alpha value is -3.10. The lowest BCUT2D eigenvalue weighted by Crippen LogP contribution is -2.43. The zero-order valence-electron chi connectivity index (χ0n) is 13.7. The highest BCUT2D eigenvalue weighted by atomic mass is 16.6. The molecule has 132 valence electrons. The van der Waals surface area contributed by atoms with Gasteiger partial charge in [0.05, 0.1) is 16.9 Å². The van der Waals surface area contributed by atoms with E-state index in [1.54, 1.807) is 17.1 Å². The Morgan fingerprint density at radius 1 is 1.04 bits per heavy atom. The van der Waals surface area contributed by atoms with E-state index in [9.17, 15) is 19.7 Å². The van der Waals surface area contributed by atoms with E-state index in [1.165, 1.54) is 12.1 Å². The van der Waals surface area contributed by atoms with Gasteiger partial charge in [0, 0.05) is 18.7 Å². The summed E-state index contributed by atoms with van der Waals surface area (Å²) in [5, 5.41) is 15.2. The Morgan fingerprint density at radius 3 is 2.54 bits per heavy atom. The lowest BCUT2D eigenvalue weighted by molar-refractivity contribution is -0.384. The summed E-state index contributed by atoms with van der Waals surface area (Å²) in [6.07, 6.45) is 0. The van der Waals surface area contributed by atoms with E-state index in [0.717, 1.165) is 5.56 Å². The minimum Gasteiger partial charge on any atom is -0.295 e. The summed E-state index contributed by atoms with van der Waals surface area (Å²) in [5.41, 5.74) is 4.76. The van der Waals surface area contributed by atoms with Gasteiger partial charge in [-0.15, -0.1) is 0 Å². The number of hydrazine groups is 1. The predicted octanol–water partition coefficient (Wildman–Crippen LogP) is 1.30. The minimum atomic E-state index is -0.646. The highest BCUT2D eigenvalue weighted by Gasteiger charge is 2.54. The number of hydrogen-bond donors (Lipinski definition) is 2. The van der Waals surface area contributed by atoms with Gasteiger partial charge in [0.1, 0.15) is 6.04 Å². The number of imide groups is 1. The second kappa shape index (κ2) is 6.32. The van der Waals surface area contributed by atoms with Crippen molar-refractivity contribution in [1.29, 1.82) is 0 Å². The third-order valence-electron chi connectivity index (χ3n) is 4.79. The normalized spacial score (nSPS) is 25.2. The Kier molecular flexibility index (Phi) is 3.98. The molecule has 3 atom stereocenters. The number of fused-ring (bicyclic) bond motifs is 1. The van der Waals surface area contributed by atoms with Crippen LogP contribution in [0.25, 0.3) is 0 Å². The van der Waals surface area contributed by atoms with Gasteiger partial charge in [0.2, 0.25) is 11.8 Å². The third kappa shape index (κ3) is 2.75. The summed E-state index contributed by atoms with van der Waals surface area (Å²) in [5.74, 6) is -1.34. The quantitative estimate of drug-likeness (QED) is 0.488. The fraction of sp³-hybridized carbons (Fsp3) is 0.222. The summed E-state index contributed by atoms with van der Waals surface area (Å²) < 4.78 is 0. The van der Waals surface area contributed by atoms with Crippen LogP contribution in [0.2, 0.25) is 0 Å². The molecule has 2 fully saturated rings. The van der Waals surface area contributed by atoms with Gasteiger partial charge in [0.25, 0.3) is 5.69 Å². The van der Waals surface area contributed by atoms with Crippen LogP contribution >= 0.6 is 0 Å². The van der Waals surface area contributed by atoms with Gasteiger partial charge in [-0.2, -0.15) is 0 Å². The van der Waals surface area contributed by atoms with E-state index in [0.29, 0.717) is 12.1 Å². The number of carbonyl (C=O) groups is 2. The number of benzene rings is 2. The van der Waals surface area contributed by atoms with Crippen molar-refractivity contribution in [3.8, 4) is 0 Å². The van der Waals surface area contributed by atoms with Gasteiger partial charge in [-0.1, -0.05) is 42.5 Å². The zero-order valence-corrected chi connectivity index (χ0v) is 13.7. The molecule has 8 heteroatoms. The molecule has 2 N–H and O–H groups in total. The van der Waals surface area contributed by atoms with Crippen LogP contribution in [0.5, 0.6) is 0 Å². The summed E-state index contributed by atoms with van der Waals surface area (Å²) in [6.45, 7) is 0.439. The number of carbonyl (C=O) groups excluding carboxylic acids is 2. The molecule has 2 heterocycles. The molecule has 2 aliphatic heterocycles. The fourth-order valence-corrected chi connectivity index (χ4v) is 3.63. The third-order valence-corrected chi connectivity index (χ3v) is 4.79. The number of nitro benzene ring substituents is 1. The molecule has 0 aromatic heterocycles. The van der Waals surface area contributed by atoms with E-state index >= 15 is 0 Å². The Morgan fingerprint density at radius 2 is 1.81 bits per heavy atom. The van der Waals surface area contributed by atoms with Gasteiger partial charge in [-0.25, -0.2) is 10.4 Å². The molecule has 2 aromatic carbocycles. The Labute approximate surface area is 148 Å². The molecule has 0 bridgehead atoms. The minimum absolute atomic E-state index is 0.0490. The number of nitro groups is 1. The molecule has 2 amide bonds. The zero-order chi connectivity index (χ0) is 18.3. The van der Waals surface area contributed by atoms with Crippen LogP contribution in [0, 0.1) is 16.0 Å². The maximum atomic E-state index is 12.3. The van der Waals surface area contributed by atoms with Crippen molar-refractivity contribution < 1.29 is 14.5 Å². The van der Waals surface area contributed by atoms with Crippen molar-refractivity contribution >= 4 is 17.5 Å². The second-order valence-electron chi connectivity index (χ2n) is 6.40. The van der Waals surface area contributed by atoms with E-state index in [2.05, 4.69) is 10.7 Å². The van der Waals surface area contributed by atoms with Crippen molar-refractivity contribution in [2.24, 2.45) is 5.92 Å². The molecule has 26 heavy (non-hydrogen) atoms. The largest absolute Gasteiger partial charge is 0.295 e. The highest BCUT2D eigenvalue weighted by Crippen LogP contribution is 2.38. The van der Waals surface area contributed by atoms with E-state index in [-0.39, 0.29) is 17.5 Å². The SMILES string of the molecule is O=C1NC(=O)[C@H]2[C@H]1[C@H](c1cccc([N+](=O)[O-])c1)NN2Cc1ccccc1. The molecule has 4 rings (SSSR count). The van der Waals surface area contributed by atoms with Gasteiger partial charge >= 0.3 is 0 Å². The van der Waals surface area contributed by atoms with E-state index in [4.69, 9.17) is 0 Å². The molecule has 0 radical (unpaired) electrons. The molecule has 2 aliphatic rings. The van der Waals surface area contributed by atoms with Gasteiger partial charge < -0.3 is 0 Å². The van der Waals surface area contributed by atoms with Gasteiger partial charge in [-0.3, -0.25) is 25.0 Å². The second-order valence-corrected chi connectivity index (χ2v) is 6.40. The predicted molar refractivity (Wildman–Crippen MR) is 91.4 cm³/mol. The number of nitrogens with zero attached hydrogens (tertiary/aromatic N) is 2. The van der Waals surface area contributed by atoms with Crippen molar-refractivity contribution in [1.82, 2.24) is 15.8 Å². The molecule has 0 unspecified atom stereocenters. The van der Waals surface area contributed by atoms with Crippen LogP contribution in [0.15, 0.2) is 54.6 Å². The topological polar surface area (TPSA) is 105 Å². The molecule has 2 aromatic rings. The van der Waals surface area contributed by atoms with Crippen LogP contribution in [0.4, 0.5) is 5.69 Å². The van der Waals surface area contributed by atoms with Gasteiger partial charge in [0.15, 0.2) is 0 Å². The molecule has 0 spiro atoms. The van der Waals surface area contributed by atoms with Crippen molar-refractivity contribution in [2.75, 3.05) is 0 Å². The lowest BCUT2D eigenvalue weighted by atomic mass is 9.90. The highest BCUT2D eigenvalue weighted by molar-refractivity contribution is 6.07. The van der Waals surface area contributed by atoms with Crippen LogP contribution in [0.1, 0.15) is 17.2 Å². The molecule has 8 nitrogen and oxygen atoms in total. The number of non-ortho nitro benzene ring substituents is 1. The Balaban J connectivity index is 1.68. The fourth-order valence-electron chi connectivity index (χ4n) is 3.63. The summed E-state index contributed by atoms with van der Waals surface area (Å²) in [4.78, 5) is 35.2. The first kappa shape index (κ1) is 16.4. The van der Waals surface area contributed by atoms with Crippen LogP contribution in [-0.4, -0.2) is 27.8 Å². The first-order valence-electron chi connectivity index (χ1n) is 8.20. The molecular weight excluding hydrogens is 336 g/mol. The number of nitrogens with one attached hydrogen (secondary N) is 2. The smallest absolute Gasteiger partial charge is 0.269 e. The first-order valence-corrected chi connectivity index (χ1v) is 8.20. The van der Waals surface area contributed by atoms with Crippen molar-refractivity contribution in [3.05, 3.63) is 75.8 Å². The summed E-state index contributed by atoms with van der Waals surface area (Å²) >= 11 is 0. The van der Waals surface area contributed by atoms with Crippen LogP contribution in [0.3, 0.4) is 0 Å². The lowest BCUT2D eigenvalue weighted by Gasteiger charge is -2.22. The van der Waals surface area contributed by atoms with Crippen molar-refractivity contribution in [2.45, 2.75) is 18.6 Å². The van der Waals surface area contributed by atoms with Crippen LogP contribution in [-0.2, 0) is 16.1 Å². The average molecular weight is 352 g/mol. The maximum absolute atomic E-state index is 12.3. The monoisotopic (exact) mass is 352 g/mol. The Bertz CT molecular complexity index is 886. The van der Waals surface area contributed by atoms with Gasteiger partial charge in [-0.05, 0) is 11.1 Å². The molecule has 0 saturated carbocycles. The standard InChI is InChI=1S/C18H16N4O4/c23-17-14-15(12-7-4-8-13(9-12)22(25)26)20-21(16(14)18(24)19-17)10-11-5-2-1-3-6-11/h1-9,14-16,20H,10H2,(H,19,23,24)/t14-,15+,16-/m1/s1.